The van der Waals surface area contributed by atoms with Crippen molar-refractivity contribution in [2.24, 2.45) is 16.6 Å². The van der Waals surface area contributed by atoms with Crippen LogP contribution in [0, 0.1) is 5.92 Å². The van der Waals surface area contributed by atoms with Gasteiger partial charge in [0.2, 0.25) is 5.95 Å². The van der Waals surface area contributed by atoms with E-state index in [9.17, 15) is 0 Å². The first-order chi connectivity index (χ1) is 11.7. The second kappa shape index (κ2) is 5.42. The number of amidine groups is 1. The zero-order chi connectivity index (χ0) is 16.1. The number of thioether (sulfide) groups is 1. The van der Waals surface area contributed by atoms with E-state index < -0.39 is 0 Å². The molecule has 0 spiro atoms. The van der Waals surface area contributed by atoms with Gasteiger partial charge >= 0.3 is 0 Å². The SMILES string of the molecule is NC1=NC2(c3cncs3)CN(c3nccc(C4CC4)n3)CC2CS1. The first-order valence-electron chi connectivity index (χ1n) is 8.19. The lowest BCUT2D eigenvalue weighted by Gasteiger charge is -2.32. The summed E-state index contributed by atoms with van der Waals surface area (Å²) in [5, 5.41) is 0.675. The number of anilines is 1. The van der Waals surface area contributed by atoms with E-state index in [4.69, 9.17) is 15.7 Å². The summed E-state index contributed by atoms with van der Waals surface area (Å²) in [7, 11) is 0. The van der Waals surface area contributed by atoms with Crippen LogP contribution in [0.5, 0.6) is 0 Å². The molecule has 8 heteroatoms. The zero-order valence-electron chi connectivity index (χ0n) is 13.1. The minimum Gasteiger partial charge on any atom is -0.379 e. The third kappa shape index (κ3) is 2.31. The van der Waals surface area contributed by atoms with Gasteiger partial charge in [-0.2, -0.15) is 0 Å². The minimum absolute atomic E-state index is 0.296. The summed E-state index contributed by atoms with van der Waals surface area (Å²) in [6.45, 7) is 1.69. The highest BCUT2D eigenvalue weighted by atomic mass is 32.2. The van der Waals surface area contributed by atoms with E-state index in [1.54, 1.807) is 23.1 Å². The Bertz CT molecular complexity index is 788. The zero-order valence-corrected chi connectivity index (χ0v) is 14.8. The van der Waals surface area contributed by atoms with Crippen LogP contribution in [0.4, 0.5) is 5.95 Å². The highest BCUT2D eigenvalue weighted by Crippen LogP contribution is 2.47. The van der Waals surface area contributed by atoms with Crippen LogP contribution < -0.4 is 10.6 Å². The monoisotopic (exact) mass is 358 g/mol. The fraction of sp³-hybridized carbons (Fsp3) is 0.500. The van der Waals surface area contributed by atoms with Crippen molar-refractivity contribution in [3.05, 3.63) is 34.5 Å². The van der Waals surface area contributed by atoms with E-state index in [0.717, 1.165) is 24.8 Å². The molecule has 2 atom stereocenters. The van der Waals surface area contributed by atoms with Crippen LogP contribution in [-0.2, 0) is 5.54 Å². The molecule has 1 saturated heterocycles. The summed E-state index contributed by atoms with van der Waals surface area (Å²) in [4.78, 5) is 22.0. The van der Waals surface area contributed by atoms with Crippen LogP contribution in [0.15, 0.2) is 29.0 Å². The highest BCUT2D eigenvalue weighted by Gasteiger charge is 2.51. The molecular formula is C16H18N6S2. The predicted octanol–water partition coefficient (Wildman–Crippen LogP) is 2.20. The molecule has 2 fully saturated rings. The van der Waals surface area contributed by atoms with Gasteiger partial charge in [-0.05, 0) is 18.9 Å². The van der Waals surface area contributed by atoms with Gasteiger partial charge in [-0.3, -0.25) is 4.98 Å². The van der Waals surface area contributed by atoms with Crippen molar-refractivity contribution in [3.8, 4) is 0 Å². The maximum Gasteiger partial charge on any atom is 0.225 e. The van der Waals surface area contributed by atoms with Crippen LogP contribution in [0.25, 0.3) is 0 Å². The smallest absolute Gasteiger partial charge is 0.225 e. The fourth-order valence-electron chi connectivity index (χ4n) is 3.67. The molecule has 0 amide bonds. The van der Waals surface area contributed by atoms with Gasteiger partial charge in [0, 0.05) is 42.2 Å². The average Bonchev–Trinajstić information content (AvgIpc) is 3.15. The van der Waals surface area contributed by atoms with Crippen molar-refractivity contribution in [2.45, 2.75) is 24.3 Å². The summed E-state index contributed by atoms with van der Waals surface area (Å²) in [5.41, 5.74) is 8.85. The van der Waals surface area contributed by atoms with Gasteiger partial charge in [0.15, 0.2) is 5.17 Å². The molecule has 1 saturated carbocycles. The summed E-state index contributed by atoms with van der Waals surface area (Å²) in [5.74, 6) is 2.85. The molecule has 0 radical (unpaired) electrons. The molecule has 2 aliphatic heterocycles. The normalized spacial score (nSPS) is 29.4. The minimum atomic E-state index is -0.296. The molecule has 2 unspecified atom stereocenters. The van der Waals surface area contributed by atoms with Crippen LogP contribution >= 0.6 is 23.1 Å². The Morgan fingerprint density at radius 3 is 3.04 bits per heavy atom. The Hall–Kier alpha value is -1.67. The first-order valence-corrected chi connectivity index (χ1v) is 10.1. The highest BCUT2D eigenvalue weighted by molar-refractivity contribution is 8.13. The van der Waals surface area contributed by atoms with Crippen molar-refractivity contribution >= 4 is 34.2 Å². The number of hydrogen-bond donors (Lipinski definition) is 1. The molecule has 2 aromatic heterocycles. The second-order valence-electron chi connectivity index (χ2n) is 6.68. The Morgan fingerprint density at radius 2 is 2.25 bits per heavy atom. The van der Waals surface area contributed by atoms with E-state index >= 15 is 0 Å². The van der Waals surface area contributed by atoms with Gasteiger partial charge in [0.25, 0.3) is 0 Å². The van der Waals surface area contributed by atoms with Gasteiger partial charge in [0.05, 0.1) is 16.9 Å². The molecule has 2 aromatic rings. The number of fused-ring (bicyclic) bond motifs is 1. The molecule has 4 heterocycles. The molecule has 6 nitrogen and oxygen atoms in total. The third-order valence-electron chi connectivity index (χ3n) is 5.09. The summed E-state index contributed by atoms with van der Waals surface area (Å²) in [6.07, 6.45) is 6.34. The lowest BCUT2D eigenvalue weighted by atomic mass is 9.87. The van der Waals surface area contributed by atoms with Gasteiger partial charge in [-0.25, -0.2) is 15.0 Å². The lowest BCUT2D eigenvalue weighted by Crippen LogP contribution is -2.39. The maximum absolute atomic E-state index is 6.09. The fourth-order valence-corrected chi connectivity index (χ4v) is 5.49. The van der Waals surface area contributed by atoms with E-state index in [0.29, 0.717) is 17.0 Å². The molecule has 2 N–H and O–H groups in total. The number of thiazole rings is 1. The average molecular weight is 358 g/mol. The number of hydrogen-bond acceptors (Lipinski definition) is 8. The van der Waals surface area contributed by atoms with Crippen LogP contribution in [-0.4, -0.2) is 39.0 Å². The van der Waals surface area contributed by atoms with Gasteiger partial charge in [-0.15, -0.1) is 11.3 Å². The van der Waals surface area contributed by atoms with Gasteiger partial charge < -0.3 is 10.6 Å². The summed E-state index contributed by atoms with van der Waals surface area (Å²) < 4.78 is 0. The number of nitrogens with zero attached hydrogens (tertiary/aromatic N) is 5. The molecule has 0 aromatic carbocycles. The molecule has 24 heavy (non-hydrogen) atoms. The lowest BCUT2D eigenvalue weighted by molar-refractivity contribution is 0.394. The van der Waals surface area contributed by atoms with Crippen molar-refractivity contribution < 1.29 is 0 Å². The molecule has 0 bridgehead atoms. The Balaban J connectivity index is 1.52. The molecule has 3 aliphatic rings. The third-order valence-corrected chi connectivity index (χ3v) is 6.99. The number of aliphatic imine (C=N–C) groups is 1. The van der Waals surface area contributed by atoms with Gasteiger partial charge in [0.1, 0.15) is 5.54 Å². The summed E-state index contributed by atoms with van der Waals surface area (Å²) in [6, 6.07) is 2.05. The maximum atomic E-state index is 6.09. The van der Waals surface area contributed by atoms with Crippen molar-refractivity contribution in [2.75, 3.05) is 23.7 Å². The predicted molar refractivity (Wildman–Crippen MR) is 97.6 cm³/mol. The largest absolute Gasteiger partial charge is 0.379 e. The summed E-state index contributed by atoms with van der Waals surface area (Å²) >= 11 is 3.31. The Labute approximate surface area is 148 Å². The van der Waals surface area contributed by atoms with E-state index in [-0.39, 0.29) is 5.54 Å². The Morgan fingerprint density at radius 1 is 1.33 bits per heavy atom. The number of nitrogens with two attached hydrogens (primary N) is 1. The van der Waals surface area contributed by atoms with E-state index in [1.807, 2.05) is 17.9 Å². The van der Waals surface area contributed by atoms with E-state index in [1.165, 1.54) is 23.4 Å². The van der Waals surface area contributed by atoms with Crippen molar-refractivity contribution in [1.82, 2.24) is 15.0 Å². The van der Waals surface area contributed by atoms with Crippen LogP contribution in [0.2, 0.25) is 0 Å². The second-order valence-corrected chi connectivity index (χ2v) is 8.61. The Kier molecular flexibility index (Phi) is 3.31. The standard InChI is InChI=1S/C16H18N6S2/c17-14-21-16(13-5-18-9-24-13)8-22(6-11(16)7-23-14)15-19-4-3-12(20-15)10-1-2-10/h3-5,9-11H,1-2,6-8H2,(H2,17,21). The number of aromatic nitrogens is 3. The van der Waals surface area contributed by atoms with E-state index in [2.05, 4.69) is 20.9 Å². The quantitative estimate of drug-likeness (QED) is 0.906. The van der Waals surface area contributed by atoms with Crippen molar-refractivity contribution in [3.63, 3.8) is 0 Å². The van der Waals surface area contributed by atoms with Gasteiger partial charge in [-0.1, -0.05) is 11.8 Å². The number of rotatable bonds is 3. The van der Waals surface area contributed by atoms with Crippen LogP contribution in [0.3, 0.4) is 0 Å². The molecular weight excluding hydrogens is 340 g/mol. The van der Waals surface area contributed by atoms with Crippen LogP contribution in [0.1, 0.15) is 29.3 Å². The molecule has 1 aliphatic carbocycles. The first kappa shape index (κ1) is 14.7. The topological polar surface area (TPSA) is 80.3 Å². The van der Waals surface area contributed by atoms with Crippen molar-refractivity contribution in [1.29, 1.82) is 0 Å². The molecule has 5 rings (SSSR count). The molecule has 124 valence electrons.